The summed E-state index contributed by atoms with van der Waals surface area (Å²) in [6.07, 6.45) is 4.14. The number of pyridine rings is 1. The summed E-state index contributed by atoms with van der Waals surface area (Å²) in [6, 6.07) is 5.55. The first kappa shape index (κ1) is 9.36. The largest absolute Gasteiger partial charge is 0.361 e. The Hall–Kier alpha value is -1.87. The van der Waals surface area contributed by atoms with Gasteiger partial charge in [-0.1, -0.05) is 11.6 Å². The van der Waals surface area contributed by atoms with Crippen molar-refractivity contribution in [3.63, 3.8) is 0 Å². The van der Waals surface area contributed by atoms with Crippen LogP contribution in [0.15, 0.2) is 30.6 Å². The van der Waals surface area contributed by atoms with E-state index in [-0.39, 0.29) is 0 Å². The van der Waals surface area contributed by atoms with Gasteiger partial charge in [0.2, 0.25) is 0 Å². The predicted molar refractivity (Wildman–Crippen MR) is 64.0 cm³/mol. The highest BCUT2D eigenvalue weighted by Gasteiger charge is 2.10. The van der Waals surface area contributed by atoms with E-state index in [1.54, 1.807) is 18.5 Å². The van der Waals surface area contributed by atoms with E-state index in [9.17, 15) is 4.79 Å². The van der Waals surface area contributed by atoms with Gasteiger partial charge in [-0.15, -0.1) is 0 Å². The first-order valence-corrected chi connectivity index (χ1v) is 5.18. The van der Waals surface area contributed by atoms with Crippen molar-refractivity contribution < 1.29 is 4.79 Å². The predicted octanol–water partition coefficient (Wildman–Crippen LogP) is 3.18. The van der Waals surface area contributed by atoms with Crippen molar-refractivity contribution in [3.8, 4) is 0 Å². The molecule has 0 amide bonds. The van der Waals surface area contributed by atoms with Crippen LogP contribution < -0.4 is 0 Å². The maximum Gasteiger partial charge on any atom is 0.152 e. The van der Waals surface area contributed by atoms with Gasteiger partial charge in [0.1, 0.15) is 0 Å². The van der Waals surface area contributed by atoms with Crippen molar-refractivity contribution in [3.05, 3.63) is 41.2 Å². The molecule has 2 heterocycles. The molecule has 16 heavy (non-hydrogen) atoms. The van der Waals surface area contributed by atoms with Crippen molar-refractivity contribution >= 4 is 39.7 Å². The SMILES string of the molecule is O=Cc1cnc2ccc3[nH]ccc(Cl)c3c12. The zero-order valence-corrected chi connectivity index (χ0v) is 8.95. The molecule has 1 N–H and O–H groups in total. The molecular formula is C12H7ClN2O. The number of nitrogens with one attached hydrogen (secondary N) is 1. The van der Waals surface area contributed by atoms with Crippen molar-refractivity contribution in [2.24, 2.45) is 0 Å². The summed E-state index contributed by atoms with van der Waals surface area (Å²) in [7, 11) is 0. The number of benzene rings is 1. The third kappa shape index (κ3) is 1.15. The van der Waals surface area contributed by atoms with E-state index in [4.69, 9.17) is 11.6 Å². The molecule has 0 radical (unpaired) electrons. The Morgan fingerprint density at radius 3 is 2.94 bits per heavy atom. The summed E-state index contributed by atoms with van der Waals surface area (Å²) in [4.78, 5) is 18.2. The molecule has 0 bridgehead atoms. The van der Waals surface area contributed by atoms with E-state index >= 15 is 0 Å². The van der Waals surface area contributed by atoms with E-state index < -0.39 is 0 Å². The Bertz CT molecular complexity index is 703. The van der Waals surface area contributed by atoms with Gasteiger partial charge in [0, 0.05) is 34.2 Å². The van der Waals surface area contributed by atoms with Gasteiger partial charge in [-0.3, -0.25) is 9.78 Å². The Labute approximate surface area is 96.1 Å². The highest BCUT2D eigenvalue weighted by molar-refractivity contribution is 6.38. The van der Waals surface area contributed by atoms with Crippen LogP contribution in [0.4, 0.5) is 0 Å². The minimum absolute atomic E-state index is 0.571. The molecule has 3 rings (SSSR count). The first-order valence-electron chi connectivity index (χ1n) is 4.81. The second-order valence-corrected chi connectivity index (χ2v) is 3.95. The molecule has 0 spiro atoms. The summed E-state index contributed by atoms with van der Waals surface area (Å²) in [5.74, 6) is 0. The van der Waals surface area contributed by atoms with Gasteiger partial charge < -0.3 is 4.98 Å². The summed E-state index contributed by atoms with van der Waals surface area (Å²) in [5.41, 5.74) is 2.26. The van der Waals surface area contributed by atoms with Gasteiger partial charge in [0.25, 0.3) is 0 Å². The van der Waals surface area contributed by atoms with Crippen molar-refractivity contribution in [1.82, 2.24) is 9.97 Å². The summed E-state index contributed by atoms with van der Waals surface area (Å²) in [6.45, 7) is 0. The van der Waals surface area contributed by atoms with E-state index in [0.717, 1.165) is 28.1 Å². The highest BCUT2D eigenvalue weighted by atomic mass is 35.5. The third-order valence-corrected chi connectivity index (χ3v) is 2.96. The van der Waals surface area contributed by atoms with E-state index in [1.165, 1.54) is 0 Å². The fraction of sp³-hybridized carbons (Fsp3) is 0. The van der Waals surface area contributed by atoms with Gasteiger partial charge in [-0.05, 0) is 18.2 Å². The first-order chi connectivity index (χ1) is 7.81. The number of aromatic nitrogens is 2. The monoisotopic (exact) mass is 230 g/mol. The molecule has 0 aliphatic heterocycles. The zero-order chi connectivity index (χ0) is 11.1. The quantitative estimate of drug-likeness (QED) is 0.653. The van der Waals surface area contributed by atoms with Crippen molar-refractivity contribution in [2.45, 2.75) is 0 Å². The molecule has 0 fully saturated rings. The minimum atomic E-state index is 0.571. The number of aromatic amines is 1. The fourth-order valence-electron chi connectivity index (χ4n) is 1.94. The zero-order valence-electron chi connectivity index (χ0n) is 8.20. The topological polar surface area (TPSA) is 45.8 Å². The molecule has 0 aliphatic carbocycles. The highest BCUT2D eigenvalue weighted by Crippen LogP contribution is 2.31. The van der Waals surface area contributed by atoms with Crippen LogP contribution in [0, 0.1) is 0 Å². The molecular weight excluding hydrogens is 224 g/mol. The van der Waals surface area contributed by atoms with Gasteiger partial charge in [0.05, 0.1) is 10.5 Å². The van der Waals surface area contributed by atoms with Gasteiger partial charge in [-0.25, -0.2) is 0 Å². The maximum absolute atomic E-state index is 10.9. The summed E-state index contributed by atoms with van der Waals surface area (Å²) in [5, 5.41) is 2.28. The Kier molecular flexibility index (Phi) is 1.94. The van der Waals surface area contributed by atoms with Crippen LogP contribution in [0.1, 0.15) is 10.4 Å². The average molecular weight is 231 g/mol. The third-order valence-electron chi connectivity index (χ3n) is 2.65. The summed E-state index contributed by atoms with van der Waals surface area (Å²) < 4.78 is 0. The molecule has 0 unspecified atom stereocenters. The number of aldehydes is 1. The van der Waals surface area contributed by atoms with Crippen molar-refractivity contribution in [2.75, 3.05) is 0 Å². The summed E-state index contributed by atoms with van der Waals surface area (Å²) >= 11 is 6.16. The van der Waals surface area contributed by atoms with Crippen LogP contribution in [0.3, 0.4) is 0 Å². The fourth-order valence-corrected chi connectivity index (χ4v) is 2.20. The molecule has 3 nitrogen and oxygen atoms in total. The maximum atomic E-state index is 10.9. The van der Waals surface area contributed by atoms with Crippen LogP contribution in [-0.2, 0) is 0 Å². The second-order valence-electron chi connectivity index (χ2n) is 3.54. The number of rotatable bonds is 1. The number of nitrogens with zero attached hydrogens (tertiary/aromatic N) is 1. The standard InChI is InChI=1S/C12H7ClN2O/c13-8-3-4-14-10-2-1-9-11(12(8)10)7(6-16)5-15-9/h1-6,14H. The smallest absolute Gasteiger partial charge is 0.152 e. The van der Waals surface area contributed by atoms with Crippen molar-refractivity contribution in [1.29, 1.82) is 0 Å². The van der Waals surface area contributed by atoms with Crippen LogP contribution >= 0.6 is 11.6 Å². The van der Waals surface area contributed by atoms with Gasteiger partial charge >= 0.3 is 0 Å². The molecule has 0 aliphatic rings. The van der Waals surface area contributed by atoms with Crippen LogP contribution in [0.2, 0.25) is 5.02 Å². The van der Waals surface area contributed by atoms with Crippen LogP contribution in [0.5, 0.6) is 0 Å². The molecule has 78 valence electrons. The lowest BCUT2D eigenvalue weighted by molar-refractivity contribution is 0.112. The van der Waals surface area contributed by atoms with E-state index in [0.29, 0.717) is 10.6 Å². The molecule has 0 atom stereocenters. The Morgan fingerprint density at radius 1 is 1.25 bits per heavy atom. The number of carbonyl (C=O) groups excluding carboxylic acids is 1. The number of carbonyl (C=O) groups is 1. The normalized spacial score (nSPS) is 11.1. The van der Waals surface area contributed by atoms with Gasteiger partial charge in [-0.2, -0.15) is 0 Å². The molecule has 3 aromatic rings. The number of fused-ring (bicyclic) bond motifs is 3. The van der Waals surface area contributed by atoms with Crippen LogP contribution in [0.25, 0.3) is 21.8 Å². The Balaban J connectivity index is 2.65. The van der Waals surface area contributed by atoms with E-state index in [1.807, 2.05) is 12.1 Å². The number of halogens is 1. The lowest BCUT2D eigenvalue weighted by Crippen LogP contribution is -1.83. The molecule has 4 heteroatoms. The molecule has 2 aromatic heterocycles. The Morgan fingerprint density at radius 2 is 2.12 bits per heavy atom. The molecule has 0 saturated carbocycles. The van der Waals surface area contributed by atoms with Crippen LogP contribution in [-0.4, -0.2) is 16.3 Å². The molecule has 1 aromatic carbocycles. The minimum Gasteiger partial charge on any atom is -0.361 e. The number of H-pyrrole nitrogens is 1. The average Bonchev–Trinajstić information content (AvgIpc) is 2.72. The second kappa shape index (κ2) is 3.32. The number of hydrogen-bond acceptors (Lipinski definition) is 2. The number of hydrogen-bond donors (Lipinski definition) is 1. The lowest BCUT2D eigenvalue weighted by Gasteiger charge is -2.02. The lowest BCUT2D eigenvalue weighted by atomic mass is 10.1. The van der Waals surface area contributed by atoms with Gasteiger partial charge in [0.15, 0.2) is 6.29 Å². The van der Waals surface area contributed by atoms with E-state index in [2.05, 4.69) is 9.97 Å². The molecule has 0 saturated heterocycles.